The van der Waals surface area contributed by atoms with Crippen LogP contribution >= 0.6 is 0 Å². The third-order valence-corrected chi connectivity index (χ3v) is 4.51. The van der Waals surface area contributed by atoms with Gasteiger partial charge in [0.05, 0.1) is 5.92 Å². The molecule has 0 fully saturated rings. The molecule has 0 aliphatic rings. The largest absolute Gasteiger partial charge is 0.461 e. The predicted octanol–water partition coefficient (Wildman–Crippen LogP) is 7.17. The van der Waals surface area contributed by atoms with Crippen molar-refractivity contribution in [3.8, 4) is 0 Å². The van der Waals surface area contributed by atoms with Gasteiger partial charge in [0.15, 0.2) is 0 Å². The zero-order valence-electron chi connectivity index (χ0n) is 17.5. The van der Waals surface area contributed by atoms with Crippen molar-refractivity contribution >= 4 is 5.97 Å². The SMILES string of the molecule is CCCCC(CC)C(=O)OCC=C(C)CCC=C(C)CCC=C(C)C. The molecule has 0 bridgehead atoms. The van der Waals surface area contributed by atoms with E-state index in [1.54, 1.807) is 0 Å². The maximum Gasteiger partial charge on any atom is 0.309 e. The van der Waals surface area contributed by atoms with E-state index in [0.29, 0.717) is 6.61 Å². The van der Waals surface area contributed by atoms with Gasteiger partial charge < -0.3 is 4.74 Å². The summed E-state index contributed by atoms with van der Waals surface area (Å²) in [6, 6.07) is 0. The Hall–Kier alpha value is -1.31. The molecule has 0 aliphatic heterocycles. The van der Waals surface area contributed by atoms with Crippen molar-refractivity contribution < 1.29 is 9.53 Å². The van der Waals surface area contributed by atoms with E-state index < -0.39 is 0 Å². The molecule has 0 N–H and O–H groups in total. The van der Waals surface area contributed by atoms with E-state index in [1.165, 1.54) is 16.7 Å². The van der Waals surface area contributed by atoms with Crippen LogP contribution in [-0.4, -0.2) is 12.6 Å². The average Bonchev–Trinajstić information content (AvgIpc) is 2.55. The first-order valence-electron chi connectivity index (χ1n) is 10.0. The number of hydrogen-bond donors (Lipinski definition) is 0. The molecule has 0 radical (unpaired) electrons. The Kier molecular flexibility index (Phi) is 14.2. The van der Waals surface area contributed by atoms with Crippen LogP contribution < -0.4 is 0 Å². The minimum absolute atomic E-state index is 0.0324. The van der Waals surface area contributed by atoms with Crippen LogP contribution in [-0.2, 0) is 9.53 Å². The summed E-state index contributed by atoms with van der Waals surface area (Å²) >= 11 is 0. The number of ether oxygens (including phenoxy) is 1. The Balaban J connectivity index is 4.08. The fourth-order valence-corrected chi connectivity index (χ4v) is 2.66. The van der Waals surface area contributed by atoms with Gasteiger partial charge in [-0.05, 0) is 72.3 Å². The quantitative estimate of drug-likeness (QED) is 0.260. The maximum absolute atomic E-state index is 12.0. The van der Waals surface area contributed by atoms with Gasteiger partial charge in [-0.2, -0.15) is 0 Å². The van der Waals surface area contributed by atoms with E-state index in [9.17, 15) is 4.79 Å². The number of rotatable bonds is 13. The number of allylic oxidation sites excluding steroid dienone is 5. The van der Waals surface area contributed by atoms with Crippen molar-refractivity contribution in [2.24, 2.45) is 5.92 Å². The summed E-state index contributed by atoms with van der Waals surface area (Å²) in [6.45, 7) is 13.3. The van der Waals surface area contributed by atoms with Crippen LogP contribution in [0, 0.1) is 5.92 Å². The third-order valence-electron chi connectivity index (χ3n) is 4.51. The molecule has 0 aromatic carbocycles. The van der Waals surface area contributed by atoms with Gasteiger partial charge in [-0.15, -0.1) is 0 Å². The molecule has 1 atom stereocenters. The van der Waals surface area contributed by atoms with Gasteiger partial charge in [0.2, 0.25) is 0 Å². The van der Waals surface area contributed by atoms with Crippen molar-refractivity contribution in [1.82, 2.24) is 0 Å². The summed E-state index contributed by atoms with van der Waals surface area (Å²) in [5.74, 6) is 0.0371. The molecule has 2 heteroatoms. The molecule has 0 aromatic rings. The number of carbonyl (C=O) groups is 1. The van der Waals surface area contributed by atoms with Crippen LogP contribution in [0.5, 0.6) is 0 Å². The molecule has 0 aliphatic carbocycles. The second-order valence-electron chi connectivity index (χ2n) is 7.34. The van der Waals surface area contributed by atoms with Crippen molar-refractivity contribution in [1.29, 1.82) is 0 Å². The number of carbonyl (C=O) groups excluding carboxylic acids is 1. The summed E-state index contributed by atoms with van der Waals surface area (Å²) in [5, 5.41) is 0. The Labute approximate surface area is 156 Å². The van der Waals surface area contributed by atoms with Crippen molar-refractivity contribution in [2.45, 2.75) is 92.9 Å². The van der Waals surface area contributed by atoms with E-state index in [0.717, 1.165) is 51.4 Å². The van der Waals surface area contributed by atoms with Crippen LogP contribution in [0.2, 0.25) is 0 Å². The summed E-state index contributed by atoms with van der Waals surface area (Å²) in [7, 11) is 0. The normalized spacial score (nSPS) is 13.5. The Morgan fingerprint density at radius 2 is 1.52 bits per heavy atom. The number of esters is 1. The van der Waals surface area contributed by atoms with E-state index in [4.69, 9.17) is 4.74 Å². The molecular formula is C23H40O2. The first-order chi connectivity index (χ1) is 11.9. The lowest BCUT2D eigenvalue weighted by Crippen LogP contribution is -2.17. The third kappa shape index (κ3) is 13.6. The molecule has 0 rings (SSSR count). The summed E-state index contributed by atoms with van der Waals surface area (Å²) < 4.78 is 5.43. The van der Waals surface area contributed by atoms with Gasteiger partial charge in [0, 0.05) is 0 Å². The van der Waals surface area contributed by atoms with Gasteiger partial charge in [0.1, 0.15) is 6.61 Å². The molecule has 2 nitrogen and oxygen atoms in total. The van der Waals surface area contributed by atoms with Crippen molar-refractivity contribution in [3.63, 3.8) is 0 Å². The highest BCUT2D eigenvalue weighted by Gasteiger charge is 2.16. The fraction of sp³-hybridized carbons (Fsp3) is 0.696. The molecule has 25 heavy (non-hydrogen) atoms. The Morgan fingerprint density at radius 1 is 0.920 bits per heavy atom. The standard InChI is InChI=1S/C23H40O2/c1-7-9-16-22(8-2)23(24)25-18-17-21(6)15-11-14-20(5)13-10-12-19(3)4/h12,14,17,22H,7-11,13,15-16,18H2,1-6H3. The summed E-state index contributed by atoms with van der Waals surface area (Å²) in [4.78, 5) is 12.0. The first kappa shape index (κ1) is 23.7. The zero-order valence-corrected chi connectivity index (χ0v) is 17.5. The van der Waals surface area contributed by atoms with Crippen LogP contribution in [0.25, 0.3) is 0 Å². The predicted molar refractivity (Wildman–Crippen MR) is 110 cm³/mol. The summed E-state index contributed by atoms with van der Waals surface area (Å²) in [5.41, 5.74) is 4.14. The topological polar surface area (TPSA) is 26.3 Å². The van der Waals surface area contributed by atoms with Gasteiger partial charge in [-0.25, -0.2) is 0 Å². The molecule has 0 amide bonds. The second kappa shape index (κ2) is 15.0. The Bertz CT molecular complexity index is 451. The number of hydrogen-bond acceptors (Lipinski definition) is 2. The molecule has 0 spiro atoms. The van der Waals surface area contributed by atoms with Crippen LogP contribution in [0.15, 0.2) is 34.9 Å². The zero-order chi connectivity index (χ0) is 19.1. The summed E-state index contributed by atoms with van der Waals surface area (Å²) in [6.07, 6.45) is 15.1. The van der Waals surface area contributed by atoms with Crippen LogP contribution in [0.4, 0.5) is 0 Å². The van der Waals surface area contributed by atoms with Crippen molar-refractivity contribution in [2.75, 3.05) is 6.61 Å². The van der Waals surface area contributed by atoms with Gasteiger partial charge >= 0.3 is 5.97 Å². The molecule has 0 saturated heterocycles. The van der Waals surface area contributed by atoms with E-state index in [-0.39, 0.29) is 11.9 Å². The van der Waals surface area contributed by atoms with Crippen LogP contribution in [0.1, 0.15) is 92.9 Å². The van der Waals surface area contributed by atoms with E-state index in [1.807, 2.05) is 0 Å². The molecule has 1 unspecified atom stereocenters. The minimum Gasteiger partial charge on any atom is -0.461 e. The minimum atomic E-state index is -0.0324. The maximum atomic E-state index is 12.0. The Morgan fingerprint density at radius 3 is 2.08 bits per heavy atom. The van der Waals surface area contributed by atoms with Crippen molar-refractivity contribution in [3.05, 3.63) is 34.9 Å². The monoisotopic (exact) mass is 348 g/mol. The van der Waals surface area contributed by atoms with Crippen LogP contribution in [0.3, 0.4) is 0 Å². The lowest BCUT2D eigenvalue weighted by atomic mass is 10.00. The highest BCUT2D eigenvalue weighted by molar-refractivity contribution is 5.72. The molecular weight excluding hydrogens is 308 g/mol. The highest BCUT2D eigenvalue weighted by Crippen LogP contribution is 2.15. The lowest BCUT2D eigenvalue weighted by Gasteiger charge is -2.12. The lowest BCUT2D eigenvalue weighted by molar-refractivity contribution is -0.147. The average molecular weight is 349 g/mol. The second-order valence-corrected chi connectivity index (χ2v) is 7.34. The number of unbranched alkanes of at least 4 members (excludes halogenated alkanes) is 1. The molecule has 144 valence electrons. The van der Waals surface area contributed by atoms with Gasteiger partial charge in [-0.3, -0.25) is 4.79 Å². The van der Waals surface area contributed by atoms with Gasteiger partial charge in [-0.1, -0.05) is 55.6 Å². The molecule has 0 heterocycles. The van der Waals surface area contributed by atoms with E-state index in [2.05, 4.69) is 59.8 Å². The first-order valence-corrected chi connectivity index (χ1v) is 10.0. The molecule has 0 saturated carbocycles. The molecule has 0 aromatic heterocycles. The highest BCUT2D eigenvalue weighted by atomic mass is 16.5. The van der Waals surface area contributed by atoms with Gasteiger partial charge in [0.25, 0.3) is 0 Å². The smallest absolute Gasteiger partial charge is 0.309 e. The van der Waals surface area contributed by atoms with E-state index >= 15 is 0 Å². The fourth-order valence-electron chi connectivity index (χ4n) is 2.66.